The van der Waals surface area contributed by atoms with Gasteiger partial charge in [-0.3, -0.25) is 4.79 Å². The first kappa shape index (κ1) is 18.3. The Morgan fingerprint density at radius 1 is 1.15 bits per heavy atom. The molecule has 1 amide bonds. The van der Waals surface area contributed by atoms with E-state index in [-0.39, 0.29) is 18.6 Å². The number of amides is 1. The number of aliphatic hydroxyl groups is 1. The van der Waals surface area contributed by atoms with Crippen molar-refractivity contribution in [3.05, 3.63) is 53.6 Å². The van der Waals surface area contributed by atoms with Gasteiger partial charge in [-0.1, -0.05) is 18.2 Å². The number of anilines is 1. The van der Waals surface area contributed by atoms with Crippen LogP contribution in [-0.2, 0) is 6.42 Å². The molecule has 0 aliphatic heterocycles. The zero-order chi connectivity index (χ0) is 18.4. The quantitative estimate of drug-likeness (QED) is 0.793. The van der Waals surface area contributed by atoms with E-state index in [1.165, 1.54) is 12.8 Å². The van der Waals surface area contributed by atoms with Crippen molar-refractivity contribution in [3.63, 3.8) is 0 Å². The average Bonchev–Trinajstić information content (AvgIpc) is 3.16. The van der Waals surface area contributed by atoms with Crippen LogP contribution in [0.2, 0.25) is 0 Å². The van der Waals surface area contributed by atoms with Crippen molar-refractivity contribution in [3.8, 4) is 11.5 Å². The molecule has 2 N–H and O–H groups in total. The second kappa shape index (κ2) is 8.72. The zero-order valence-electron chi connectivity index (χ0n) is 15.0. The van der Waals surface area contributed by atoms with E-state index in [4.69, 9.17) is 9.47 Å². The van der Waals surface area contributed by atoms with Crippen molar-refractivity contribution in [2.24, 2.45) is 0 Å². The summed E-state index contributed by atoms with van der Waals surface area (Å²) in [5.74, 6) is 1.11. The molecular weight excluding hydrogens is 330 g/mol. The summed E-state index contributed by atoms with van der Waals surface area (Å²) in [5.41, 5.74) is 2.04. The zero-order valence-corrected chi connectivity index (χ0v) is 15.0. The minimum Gasteiger partial charge on any atom is -0.493 e. The lowest BCUT2D eigenvalue weighted by Gasteiger charge is -2.17. The third-order valence-corrected chi connectivity index (χ3v) is 4.66. The van der Waals surface area contributed by atoms with Crippen LogP contribution in [0.1, 0.15) is 41.6 Å². The molecule has 0 unspecified atom stereocenters. The summed E-state index contributed by atoms with van der Waals surface area (Å²) in [4.78, 5) is 12.7. The van der Waals surface area contributed by atoms with Gasteiger partial charge in [-0.2, -0.15) is 0 Å². The van der Waals surface area contributed by atoms with Crippen molar-refractivity contribution >= 4 is 11.6 Å². The van der Waals surface area contributed by atoms with E-state index in [0.29, 0.717) is 29.2 Å². The van der Waals surface area contributed by atoms with Gasteiger partial charge in [0, 0.05) is 23.9 Å². The normalized spacial score (nSPS) is 14.2. The molecule has 2 aromatic rings. The van der Waals surface area contributed by atoms with Gasteiger partial charge in [0.25, 0.3) is 5.91 Å². The summed E-state index contributed by atoms with van der Waals surface area (Å²) in [7, 11) is 1.61. The fourth-order valence-electron chi connectivity index (χ4n) is 3.31. The second-order valence-electron chi connectivity index (χ2n) is 6.47. The number of aliphatic hydroxyl groups excluding tert-OH is 1. The molecule has 1 fully saturated rings. The van der Waals surface area contributed by atoms with Crippen LogP contribution < -0.4 is 14.8 Å². The SMILES string of the molecule is COc1ccc(NC(=O)c2ccccc2CCO)cc1OC1CCCC1. The number of carbonyl (C=O) groups excluding carboxylic acids is 1. The Labute approximate surface area is 153 Å². The van der Waals surface area contributed by atoms with Crippen LogP contribution in [0.25, 0.3) is 0 Å². The molecule has 5 nitrogen and oxygen atoms in total. The Bertz CT molecular complexity index is 753. The Hall–Kier alpha value is -2.53. The highest BCUT2D eigenvalue weighted by atomic mass is 16.5. The highest BCUT2D eigenvalue weighted by Crippen LogP contribution is 2.34. The monoisotopic (exact) mass is 355 g/mol. The van der Waals surface area contributed by atoms with Crippen LogP contribution in [-0.4, -0.2) is 30.8 Å². The molecule has 1 saturated carbocycles. The minimum atomic E-state index is -0.203. The highest BCUT2D eigenvalue weighted by molar-refractivity contribution is 6.05. The molecule has 0 saturated heterocycles. The molecule has 5 heteroatoms. The number of hydrogen-bond donors (Lipinski definition) is 2. The fourth-order valence-corrected chi connectivity index (χ4v) is 3.31. The van der Waals surface area contributed by atoms with Gasteiger partial charge in [0.15, 0.2) is 11.5 Å². The predicted molar refractivity (Wildman–Crippen MR) is 101 cm³/mol. The lowest BCUT2D eigenvalue weighted by Crippen LogP contribution is -2.15. The van der Waals surface area contributed by atoms with Gasteiger partial charge in [-0.15, -0.1) is 0 Å². The topological polar surface area (TPSA) is 67.8 Å². The van der Waals surface area contributed by atoms with Gasteiger partial charge in [0.2, 0.25) is 0 Å². The third kappa shape index (κ3) is 4.35. The molecule has 138 valence electrons. The maximum Gasteiger partial charge on any atom is 0.255 e. The summed E-state index contributed by atoms with van der Waals surface area (Å²) >= 11 is 0. The molecule has 0 radical (unpaired) electrons. The highest BCUT2D eigenvalue weighted by Gasteiger charge is 2.19. The van der Waals surface area contributed by atoms with E-state index in [1.807, 2.05) is 24.3 Å². The van der Waals surface area contributed by atoms with E-state index >= 15 is 0 Å². The molecule has 0 heterocycles. The van der Waals surface area contributed by atoms with Crippen molar-refractivity contribution < 1.29 is 19.4 Å². The summed E-state index contributed by atoms with van der Waals surface area (Å²) < 4.78 is 11.5. The molecule has 0 bridgehead atoms. The standard InChI is InChI=1S/C21H25NO4/c1-25-19-11-10-16(14-20(19)26-17-7-3-4-8-17)22-21(24)18-9-5-2-6-15(18)12-13-23/h2,5-6,9-11,14,17,23H,3-4,7-8,12-13H2,1H3,(H,22,24). The van der Waals surface area contributed by atoms with Crippen LogP contribution >= 0.6 is 0 Å². The summed E-state index contributed by atoms with van der Waals surface area (Å²) in [6, 6.07) is 12.7. The summed E-state index contributed by atoms with van der Waals surface area (Å²) in [6.45, 7) is 0.00616. The molecule has 1 aliphatic rings. The van der Waals surface area contributed by atoms with Crippen LogP contribution in [0.15, 0.2) is 42.5 Å². The lowest BCUT2D eigenvalue weighted by molar-refractivity contribution is 0.102. The van der Waals surface area contributed by atoms with Gasteiger partial charge in [-0.25, -0.2) is 0 Å². The number of rotatable bonds is 7. The molecule has 0 aromatic heterocycles. The number of carbonyl (C=O) groups is 1. The van der Waals surface area contributed by atoms with E-state index < -0.39 is 0 Å². The Morgan fingerprint density at radius 2 is 1.92 bits per heavy atom. The maximum atomic E-state index is 12.7. The summed E-state index contributed by atoms with van der Waals surface area (Å²) in [5, 5.41) is 12.1. The predicted octanol–water partition coefficient (Wildman–Crippen LogP) is 3.80. The Balaban J connectivity index is 1.78. The van der Waals surface area contributed by atoms with Crippen molar-refractivity contribution in [1.82, 2.24) is 0 Å². The number of benzene rings is 2. The van der Waals surface area contributed by atoms with E-state index in [2.05, 4.69) is 5.32 Å². The van der Waals surface area contributed by atoms with E-state index in [9.17, 15) is 9.90 Å². The van der Waals surface area contributed by atoms with Gasteiger partial charge >= 0.3 is 0 Å². The average molecular weight is 355 g/mol. The largest absolute Gasteiger partial charge is 0.493 e. The Morgan fingerprint density at radius 3 is 2.65 bits per heavy atom. The minimum absolute atomic E-state index is 0.00616. The maximum absolute atomic E-state index is 12.7. The molecule has 26 heavy (non-hydrogen) atoms. The number of methoxy groups -OCH3 is 1. The molecule has 0 atom stereocenters. The smallest absolute Gasteiger partial charge is 0.255 e. The van der Waals surface area contributed by atoms with Crippen LogP contribution in [0.5, 0.6) is 11.5 Å². The van der Waals surface area contributed by atoms with Gasteiger partial charge in [-0.05, 0) is 55.9 Å². The third-order valence-electron chi connectivity index (χ3n) is 4.66. The van der Waals surface area contributed by atoms with Crippen molar-refractivity contribution in [2.75, 3.05) is 19.0 Å². The first-order valence-corrected chi connectivity index (χ1v) is 9.06. The first-order chi connectivity index (χ1) is 12.7. The molecule has 2 aromatic carbocycles. The molecule has 3 rings (SSSR count). The first-order valence-electron chi connectivity index (χ1n) is 9.06. The lowest BCUT2D eigenvalue weighted by atomic mass is 10.0. The van der Waals surface area contributed by atoms with E-state index in [0.717, 1.165) is 18.4 Å². The summed E-state index contributed by atoms with van der Waals surface area (Å²) in [6.07, 6.45) is 5.13. The number of ether oxygens (including phenoxy) is 2. The van der Waals surface area contributed by atoms with Crippen LogP contribution in [0.3, 0.4) is 0 Å². The van der Waals surface area contributed by atoms with Gasteiger partial charge in [0.05, 0.1) is 13.2 Å². The number of hydrogen-bond acceptors (Lipinski definition) is 4. The molecule has 0 spiro atoms. The molecular formula is C21H25NO4. The van der Waals surface area contributed by atoms with Gasteiger partial charge in [0.1, 0.15) is 0 Å². The van der Waals surface area contributed by atoms with Crippen molar-refractivity contribution in [1.29, 1.82) is 0 Å². The number of nitrogens with one attached hydrogen (secondary N) is 1. The Kier molecular flexibility index (Phi) is 6.12. The second-order valence-corrected chi connectivity index (χ2v) is 6.47. The van der Waals surface area contributed by atoms with Crippen LogP contribution in [0.4, 0.5) is 5.69 Å². The van der Waals surface area contributed by atoms with Gasteiger partial charge < -0.3 is 19.9 Å². The van der Waals surface area contributed by atoms with Crippen molar-refractivity contribution in [2.45, 2.75) is 38.2 Å². The fraction of sp³-hybridized carbons (Fsp3) is 0.381. The van der Waals surface area contributed by atoms with E-state index in [1.54, 1.807) is 25.3 Å². The molecule has 1 aliphatic carbocycles. The van der Waals surface area contributed by atoms with Crippen LogP contribution in [0, 0.1) is 0 Å².